The van der Waals surface area contributed by atoms with Crippen molar-refractivity contribution >= 4 is 34.0 Å². The molecule has 0 spiro atoms. The Hall–Kier alpha value is -2.93. The van der Waals surface area contributed by atoms with E-state index in [-0.39, 0.29) is 24.1 Å². The zero-order chi connectivity index (χ0) is 28.2. The summed E-state index contributed by atoms with van der Waals surface area (Å²) in [6.07, 6.45) is 10.1. The summed E-state index contributed by atoms with van der Waals surface area (Å²) in [6.45, 7) is 5.40. The predicted molar refractivity (Wildman–Crippen MR) is 142 cm³/mol. The van der Waals surface area contributed by atoms with Crippen molar-refractivity contribution in [1.82, 2.24) is 25.0 Å². The molecule has 2 heterocycles. The number of amides is 4. The van der Waals surface area contributed by atoms with Crippen LogP contribution in [0, 0.1) is 5.92 Å². The second kappa shape index (κ2) is 12.1. The number of rotatable bonds is 6. The van der Waals surface area contributed by atoms with E-state index in [1.807, 2.05) is 12.2 Å². The number of nitrogens with zero attached hydrogens (tertiary/aromatic N) is 1. The van der Waals surface area contributed by atoms with Gasteiger partial charge < -0.3 is 20.3 Å². The molecule has 2 aliphatic carbocycles. The van der Waals surface area contributed by atoms with Gasteiger partial charge in [-0.15, -0.1) is 0 Å². The summed E-state index contributed by atoms with van der Waals surface area (Å²) in [5, 5.41) is 5.42. The Kier molecular flexibility index (Phi) is 9.00. The highest BCUT2D eigenvalue weighted by atomic mass is 32.2. The van der Waals surface area contributed by atoms with Crippen LogP contribution in [0.25, 0.3) is 0 Å². The molecule has 0 bridgehead atoms. The van der Waals surface area contributed by atoms with Crippen molar-refractivity contribution in [1.29, 1.82) is 0 Å². The Labute approximate surface area is 229 Å². The predicted octanol–water partition coefficient (Wildman–Crippen LogP) is 1.50. The molecule has 3 fully saturated rings. The molecular weight excluding hydrogens is 526 g/mol. The Morgan fingerprint density at radius 3 is 2.56 bits per heavy atom. The number of carbonyl (C=O) groups excluding carboxylic acids is 4. The second-order valence-electron chi connectivity index (χ2n) is 11.0. The standard InChI is InChI=1S/C26H39N5O7S/c1-17(2)38-25(35)27-20-13-7-5-3-4-6-10-18-16-26(18,24(34)30-39(36,37)29-19-11-8-12-19)28-22(32)21-14-9-15-31(21)23(20)33/h6,10,18-21,29H,1,3-5,7-9,11-16H2,2H3,(H,27,35)(H,28,32)(H,30,34)/b10-6-/t18-,20?,21+,26-/m1/s1. The number of fused-ring (bicyclic) bond motifs is 2. The van der Waals surface area contributed by atoms with Gasteiger partial charge in [0.2, 0.25) is 11.8 Å². The Bertz CT molecular complexity index is 1140. The lowest BCUT2D eigenvalue weighted by Crippen LogP contribution is -2.59. The molecule has 2 saturated carbocycles. The third-order valence-corrected chi connectivity index (χ3v) is 8.95. The smallest absolute Gasteiger partial charge is 0.412 e. The average Bonchev–Trinajstić information content (AvgIpc) is 3.29. The number of alkyl carbamates (subject to hydrolysis) is 1. The molecule has 0 aromatic carbocycles. The largest absolute Gasteiger partial charge is 0.416 e. The van der Waals surface area contributed by atoms with E-state index in [0.29, 0.717) is 45.1 Å². The Morgan fingerprint density at radius 2 is 1.87 bits per heavy atom. The summed E-state index contributed by atoms with van der Waals surface area (Å²) in [4.78, 5) is 54.0. The fraction of sp³-hybridized carbons (Fsp3) is 0.692. The highest BCUT2D eigenvalue weighted by Crippen LogP contribution is 2.45. The SMILES string of the molecule is C=C(C)OC(=O)NC1CCCCC/C=C\[C@@H]2C[C@@]2(C(=O)NS(=O)(=O)NC2CCC2)NC(=O)[C@@H]2CCCN2C1=O. The lowest BCUT2D eigenvalue weighted by molar-refractivity contribution is -0.141. The van der Waals surface area contributed by atoms with Gasteiger partial charge in [-0.25, -0.2) is 9.52 Å². The normalized spacial score (nSPS) is 30.8. The second-order valence-corrected chi connectivity index (χ2v) is 12.4. The van der Waals surface area contributed by atoms with Gasteiger partial charge in [0.15, 0.2) is 0 Å². The summed E-state index contributed by atoms with van der Waals surface area (Å²) < 4.78 is 34.7. The van der Waals surface area contributed by atoms with Crippen LogP contribution < -0.4 is 20.1 Å². The van der Waals surface area contributed by atoms with Crippen LogP contribution in [0.3, 0.4) is 0 Å². The number of allylic oxidation sites excluding steroid dienone is 2. The third-order valence-electron chi connectivity index (χ3n) is 7.85. The summed E-state index contributed by atoms with van der Waals surface area (Å²) in [5.41, 5.74) is -1.41. The van der Waals surface area contributed by atoms with Crippen LogP contribution >= 0.6 is 0 Å². The van der Waals surface area contributed by atoms with E-state index in [9.17, 15) is 27.6 Å². The number of hydrogen-bond acceptors (Lipinski definition) is 7. The minimum absolute atomic E-state index is 0.190. The summed E-state index contributed by atoms with van der Waals surface area (Å²) >= 11 is 0. The molecule has 4 N–H and O–H groups in total. The van der Waals surface area contributed by atoms with Crippen molar-refractivity contribution in [2.45, 2.75) is 101 Å². The maximum absolute atomic E-state index is 13.5. The Balaban J connectivity index is 1.52. The van der Waals surface area contributed by atoms with E-state index in [4.69, 9.17) is 4.74 Å². The van der Waals surface area contributed by atoms with Crippen molar-refractivity contribution in [3.8, 4) is 0 Å². The molecule has 216 valence electrons. The number of hydrogen-bond donors (Lipinski definition) is 4. The molecule has 4 aliphatic rings. The summed E-state index contributed by atoms with van der Waals surface area (Å²) in [7, 11) is -4.09. The van der Waals surface area contributed by atoms with Crippen LogP contribution in [-0.4, -0.2) is 67.3 Å². The lowest BCUT2D eigenvalue weighted by Gasteiger charge is -2.30. The first-order chi connectivity index (χ1) is 18.5. The molecule has 13 heteroatoms. The molecule has 0 radical (unpaired) electrons. The van der Waals surface area contributed by atoms with E-state index in [2.05, 4.69) is 26.7 Å². The topological polar surface area (TPSA) is 163 Å². The van der Waals surface area contributed by atoms with Crippen LogP contribution in [0.2, 0.25) is 0 Å². The van der Waals surface area contributed by atoms with Crippen LogP contribution in [0.5, 0.6) is 0 Å². The Morgan fingerprint density at radius 1 is 1.10 bits per heavy atom. The van der Waals surface area contributed by atoms with E-state index in [0.717, 1.165) is 25.7 Å². The highest BCUT2D eigenvalue weighted by Gasteiger charge is 2.61. The van der Waals surface area contributed by atoms with Gasteiger partial charge in [0, 0.05) is 18.5 Å². The molecule has 0 aromatic rings. The van der Waals surface area contributed by atoms with E-state index >= 15 is 0 Å². The molecule has 1 saturated heterocycles. The first-order valence-electron chi connectivity index (χ1n) is 13.8. The maximum atomic E-state index is 13.5. The summed E-state index contributed by atoms with van der Waals surface area (Å²) in [6, 6.07) is -1.92. The van der Waals surface area contributed by atoms with Gasteiger partial charge in [0.1, 0.15) is 17.6 Å². The number of carbonyl (C=O) groups is 4. The van der Waals surface area contributed by atoms with Gasteiger partial charge >= 0.3 is 16.3 Å². The quantitative estimate of drug-likeness (QED) is 0.280. The highest BCUT2D eigenvalue weighted by molar-refractivity contribution is 7.88. The first-order valence-corrected chi connectivity index (χ1v) is 15.3. The van der Waals surface area contributed by atoms with Crippen molar-refractivity contribution < 1.29 is 32.3 Å². The minimum Gasteiger partial charge on any atom is -0.416 e. The van der Waals surface area contributed by atoms with Crippen molar-refractivity contribution in [2.24, 2.45) is 5.92 Å². The molecule has 1 unspecified atom stereocenters. The van der Waals surface area contributed by atoms with Gasteiger partial charge in [-0.05, 0) is 58.3 Å². The van der Waals surface area contributed by atoms with Crippen LogP contribution in [-0.2, 0) is 29.3 Å². The fourth-order valence-electron chi connectivity index (χ4n) is 5.41. The summed E-state index contributed by atoms with van der Waals surface area (Å²) in [5.74, 6) is -1.87. The molecule has 39 heavy (non-hydrogen) atoms. The molecule has 4 atom stereocenters. The van der Waals surface area contributed by atoms with E-state index in [1.165, 1.54) is 11.8 Å². The zero-order valence-corrected chi connectivity index (χ0v) is 23.2. The maximum Gasteiger partial charge on any atom is 0.412 e. The van der Waals surface area contributed by atoms with E-state index in [1.54, 1.807) is 0 Å². The molecule has 12 nitrogen and oxygen atoms in total. The molecule has 4 amide bonds. The van der Waals surface area contributed by atoms with Gasteiger partial charge in [0.05, 0.1) is 5.76 Å². The number of ether oxygens (including phenoxy) is 1. The van der Waals surface area contributed by atoms with Crippen molar-refractivity contribution in [3.63, 3.8) is 0 Å². The van der Waals surface area contributed by atoms with Crippen LogP contribution in [0.1, 0.15) is 77.6 Å². The first kappa shape index (κ1) is 29.1. The van der Waals surface area contributed by atoms with Crippen molar-refractivity contribution in [3.05, 3.63) is 24.5 Å². The molecular formula is C26H39N5O7S. The van der Waals surface area contributed by atoms with Crippen LogP contribution in [0.4, 0.5) is 4.79 Å². The van der Waals surface area contributed by atoms with Gasteiger partial charge in [-0.2, -0.15) is 13.1 Å². The van der Waals surface area contributed by atoms with E-state index < -0.39 is 51.6 Å². The monoisotopic (exact) mass is 565 g/mol. The molecule has 0 aromatic heterocycles. The van der Waals surface area contributed by atoms with Crippen LogP contribution in [0.15, 0.2) is 24.5 Å². The molecule has 4 rings (SSSR count). The zero-order valence-electron chi connectivity index (χ0n) is 22.4. The fourth-order valence-corrected chi connectivity index (χ4v) is 6.57. The van der Waals surface area contributed by atoms with Gasteiger partial charge in [0.25, 0.3) is 5.91 Å². The van der Waals surface area contributed by atoms with Gasteiger partial charge in [-0.3, -0.25) is 14.4 Å². The average molecular weight is 566 g/mol. The third kappa shape index (κ3) is 7.18. The minimum atomic E-state index is -4.09. The van der Waals surface area contributed by atoms with Crippen molar-refractivity contribution in [2.75, 3.05) is 6.54 Å². The lowest BCUT2D eigenvalue weighted by atomic mass is 9.94. The molecule has 2 aliphatic heterocycles. The number of nitrogens with one attached hydrogen (secondary N) is 4. The van der Waals surface area contributed by atoms with Gasteiger partial charge in [-0.1, -0.05) is 38.0 Å².